The Morgan fingerprint density at radius 2 is 1.86 bits per heavy atom. The first kappa shape index (κ1) is 12.4. The molecule has 0 N–H and O–H groups in total. The van der Waals surface area contributed by atoms with E-state index in [0.717, 1.165) is 39.9 Å². The third-order valence-electron chi connectivity index (χ3n) is 3.98. The molecule has 4 heteroatoms. The van der Waals surface area contributed by atoms with E-state index < -0.39 is 5.60 Å². The Kier molecular flexibility index (Phi) is 2.27. The number of para-hydroxylation sites is 1. The predicted molar refractivity (Wildman–Crippen MR) is 81.6 cm³/mol. The van der Waals surface area contributed by atoms with Crippen LogP contribution < -0.4 is 4.74 Å². The number of nitrogens with zero attached hydrogens (tertiary/aromatic N) is 3. The SMILES string of the molecule is Cc1cc(C)n2c3c(nc2n1)-c1ccccc1OC3(C)C. The summed E-state index contributed by atoms with van der Waals surface area (Å²) in [6, 6.07) is 10.1. The van der Waals surface area contributed by atoms with E-state index in [1.165, 1.54) is 0 Å². The Hall–Kier alpha value is -2.36. The fraction of sp³-hybridized carbons (Fsp3) is 0.294. The number of ether oxygens (including phenoxy) is 1. The maximum atomic E-state index is 6.21. The molecule has 0 bridgehead atoms. The van der Waals surface area contributed by atoms with Crippen molar-refractivity contribution >= 4 is 5.78 Å². The molecule has 1 aromatic carbocycles. The van der Waals surface area contributed by atoms with E-state index in [0.29, 0.717) is 0 Å². The summed E-state index contributed by atoms with van der Waals surface area (Å²) >= 11 is 0. The van der Waals surface area contributed by atoms with Gasteiger partial charge in [0.2, 0.25) is 5.78 Å². The van der Waals surface area contributed by atoms with E-state index in [4.69, 9.17) is 9.72 Å². The van der Waals surface area contributed by atoms with Crippen molar-refractivity contribution in [2.45, 2.75) is 33.3 Å². The molecular weight excluding hydrogens is 262 g/mol. The minimum atomic E-state index is -0.440. The van der Waals surface area contributed by atoms with Crippen molar-refractivity contribution in [1.29, 1.82) is 0 Å². The molecule has 1 aliphatic rings. The molecule has 2 aromatic heterocycles. The van der Waals surface area contributed by atoms with Gasteiger partial charge in [0.25, 0.3) is 0 Å². The Morgan fingerprint density at radius 3 is 2.67 bits per heavy atom. The van der Waals surface area contributed by atoms with E-state index >= 15 is 0 Å². The second-order valence-corrected chi connectivity index (χ2v) is 6.09. The highest BCUT2D eigenvalue weighted by atomic mass is 16.5. The number of hydrogen-bond donors (Lipinski definition) is 0. The molecule has 0 saturated heterocycles. The summed E-state index contributed by atoms with van der Waals surface area (Å²) in [5.41, 5.74) is 4.75. The van der Waals surface area contributed by atoms with E-state index in [1.807, 2.05) is 25.1 Å². The van der Waals surface area contributed by atoms with E-state index in [1.54, 1.807) is 0 Å². The summed E-state index contributed by atoms with van der Waals surface area (Å²) in [6.07, 6.45) is 0. The molecule has 0 aliphatic carbocycles. The van der Waals surface area contributed by atoms with Crippen LogP contribution in [0.5, 0.6) is 5.75 Å². The van der Waals surface area contributed by atoms with Gasteiger partial charge in [0.1, 0.15) is 17.0 Å². The zero-order chi connectivity index (χ0) is 14.8. The molecule has 3 heterocycles. The number of aryl methyl sites for hydroxylation is 2. The van der Waals surface area contributed by atoms with Crippen molar-refractivity contribution in [2.75, 3.05) is 0 Å². The quantitative estimate of drug-likeness (QED) is 0.630. The van der Waals surface area contributed by atoms with Gasteiger partial charge in [-0.2, -0.15) is 0 Å². The standard InChI is InChI=1S/C17H17N3O/c1-10-9-11(2)20-15-14(19-16(20)18-10)12-7-5-6-8-13(12)21-17(15,3)4/h5-9H,1-4H3. The number of hydrogen-bond acceptors (Lipinski definition) is 3. The first-order valence-electron chi connectivity index (χ1n) is 7.13. The molecule has 0 atom stereocenters. The average molecular weight is 279 g/mol. The van der Waals surface area contributed by atoms with Crippen molar-refractivity contribution in [3.63, 3.8) is 0 Å². The minimum absolute atomic E-state index is 0.440. The highest BCUT2D eigenvalue weighted by molar-refractivity contribution is 5.74. The van der Waals surface area contributed by atoms with Gasteiger partial charge in [-0.1, -0.05) is 12.1 Å². The summed E-state index contributed by atoms with van der Waals surface area (Å²) in [6.45, 7) is 8.24. The van der Waals surface area contributed by atoms with E-state index in [-0.39, 0.29) is 0 Å². The molecule has 0 amide bonds. The summed E-state index contributed by atoms with van der Waals surface area (Å²) in [7, 11) is 0. The highest BCUT2D eigenvalue weighted by Crippen LogP contribution is 2.44. The van der Waals surface area contributed by atoms with Crippen molar-refractivity contribution in [2.24, 2.45) is 0 Å². The third kappa shape index (κ3) is 1.62. The molecule has 4 nitrogen and oxygen atoms in total. The number of imidazole rings is 1. The fourth-order valence-corrected chi connectivity index (χ4v) is 3.19. The third-order valence-corrected chi connectivity index (χ3v) is 3.98. The Balaban J connectivity index is 2.17. The zero-order valence-electron chi connectivity index (χ0n) is 12.6. The van der Waals surface area contributed by atoms with Gasteiger partial charge in [0.15, 0.2) is 0 Å². The molecular formula is C17H17N3O. The van der Waals surface area contributed by atoms with Crippen LogP contribution in [0.25, 0.3) is 17.0 Å². The second kappa shape index (κ2) is 3.85. The summed E-state index contributed by atoms with van der Waals surface area (Å²) in [5, 5.41) is 0. The fourth-order valence-electron chi connectivity index (χ4n) is 3.19. The van der Waals surface area contributed by atoms with Gasteiger partial charge >= 0.3 is 0 Å². The molecule has 0 fully saturated rings. The lowest BCUT2D eigenvalue weighted by molar-refractivity contribution is 0.0994. The normalized spacial score (nSPS) is 15.4. The van der Waals surface area contributed by atoms with Gasteiger partial charge in [0, 0.05) is 17.0 Å². The zero-order valence-corrected chi connectivity index (χ0v) is 12.6. The lowest BCUT2D eigenvalue weighted by Crippen LogP contribution is -2.31. The Bertz CT molecular complexity index is 877. The summed E-state index contributed by atoms with van der Waals surface area (Å²) in [4.78, 5) is 9.36. The molecule has 1 aliphatic heterocycles. The largest absolute Gasteiger partial charge is 0.481 e. The van der Waals surface area contributed by atoms with Gasteiger partial charge in [-0.05, 0) is 45.9 Å². The molecule has 0 spiro atoms. The molecule has 3 aromatic rings. The van der Waals surface area contributed by atoms with Crippen molar-refractivity contribution in [1.82, 2.24) is 14.4 Å². The second-order valence-electron chi connectivity index (χ2n) is 6.09. The Labute approximate surface area is 123 Å². The van der Waals surface area contributed by atoms with Gasteiger partial charge in [-0.25, -0.2) is 9.97 Å². The van der Waals surface area contributed by atoms with Gasteiger partial charge < -0.3 is 4.74 Å². The number of rotatable bonds is 0. The van der Waals surface area contributed by atoms with Crippen LogP contribution in [0.1, 0.15) is 30.9 Å². The van der Waals surface area contributed by atoms with E-state index in [9.17, 15) is 0 Å². The van der Waals surface area contributed by atoms with Gasteiger partial charge in [0.05, 0.1) is 5.69 Å². The molecule has 0 unspecified atom stereocenters. The molecule has 106 valence electrons. The van der Waals surface area contributed by atoms with Crippen LogP contribution >= 0.6 is 0 Å². The number of fused-ring (bicyclic) bond motifs is 5. The topological polar surface area (TPSA) is 39.4 Å². The highest BCUT2D eigenvalue weighted by Gasteiger charge is 2.37. The Morgan fingerprint density at radius 1 is 1.10 bits per heavy atom. The van der Waals surface area contributed by atoms with Crippen molar-refractivity contribution < 1.29 is 4.74 Å². The predicted octanol–water partition coefficient (Wildman–Crippen LogP) is 3.64. The van der Waals surface area contributed by atoms with Crippen LogP contribution in [0.15, 0.2) is 30.3 Å². The molecule has 21 heavy (non-hydrogen) atoms. The van der Waals surface area contributed by atoms with Crippen LogP contribution in [0.3, 0.4) is 0 Å². The molecule has 0 saturated carbocycles. The minimum Gasteiger partial charge on any atom is -0.481 e. The van der Waals surface area contributed by atoms with Crippen molar-refractivity contribution in [3.05, 3.63) is 47.4 Å². The average Bonchev–Trinajstić information content (AvgIpc) is 2.78. The maximum absolute atomic E-state index is 6.21. The lowest BCUT2D eigenvalue weighted by atomic mass is 9.94. The summed E-state index contributed by atoms with van der Waals surface area (Å²) < 4.78 is 8.32. The molecule has 4 rings (SSSR count). The van der Waals surface area contributed by atoms with Crippen LogP contribution in [0.2, 0.25) is 0 Å². The van der Waals surface area contributed by atoms with Crippen molar-refractivity contribution in [3.8, 4) is 17.0 Å². The maximum Gasteiger partial charge on any atom is 0.235 e. The number of benzene rings is 1. The van der Waals surface area contributed by atoms with Crippen LogP contribution in [-0.4, -0.2) is 14.4 Å². The van der Waals surface area contributed by atoms with Gasteiger partial charge in [-0.15, -0.1) is 0 Å². The monoisotopic (exact) mass is 279 g/mol. The summed E-state index contributed by atoms with van der Waals surface area (Å²) in [5.74, 6) is 1.62. The smallest absolute Gasteiger partial charge is 0.235 e. The van der Waals surface area contributed by atoms with E-state index in [2.05, 4.69) is 42.3 Å². The van der Waals surface area contributed by atoms with Crippen LogP contribution in [0.4, 0.5) is 0 Å². The van der Waals surface area contributed by atoms with Crippen LogP contribution in [-0.2, 0) is 5.60 Å². The first-order valence-corrected chi connectivity index (χ1v) is 7.13. The lowest BCUT2D eigenvalue weighted by Gasteiger charge is -2.32. The van der Waals surface area contributed by atoms with Gasteiger partial charge in [-0.3, -0.25) is 4.40 Å². The molecule has 0 radical (unpaired) electrons. The van der Waals surface area contributed by atoms with Crippen LogP contribution in [0, 0.1) is 13.8 Å². The number of aromatic nitrogens is 3. The first-order chi connectivity index (χ1) is 9.97.